The van der Waals surface area contributed by atoms with Gasteiger partial charge in [-0.1, -0.05) is 15.9 Å². The van der Waals surface area contributed by atoms with Crippen LogP contribution in [0.3, 0.4) is 0 Å². The van der Waals surface area contributed by atoms with Crippen molar-refractivity contribution in [2.24, 2.45) is 0 Å². The number of benzene rings is 1. The lowest BCUT2D eigenvalue weighted by molar-refractivity contribution is 0.0688. The van der Waals surface area contributed by atoms with Gasteiger partial charge in [-0.2, -0.15) is 5.10 Å². The Balaban J connectivity index is 2.18. The first-order valence-corrected chi connectivity index (χ1v) is 6.87. The van der Waals surface area contributed by atoms with Gasteiger partial charge in [0.25, 0.3) is 0 Å². The normalized spacial score (nSPS) is 10.7. The molecule has 0 saturated carbocycles. The molecule has 2 heterocycles. The molecule has 0 aliphatic rings. The molecule has 5 nitrogen and oxygen atoms in total. The van der Waals surface area contributed by atoms with E-state index in [1.807, 2.05) is 0 Å². The van der Waals surface area contributed by atoms with E-state index in [1.165, 1.54) is 16.8 Å². The van der Waals surface area contributed by atoms with Crippen molar-refractivity contribution in [2.45, 2.75) is 0 Å². The fourth-order valence-electron chi connectivity index (χ4n) is 2.13. The minimum absolute atomic E-state index is 0.0361. The van der Waals surface area contributed by atoms with Crippen LogP contribution in [0.4, 0.5) is 0 Å². The quantitative estimate of drug-likeness (QED) is 0.741. The number of hydrogen-bond donors (Lipinski definition) is 1. The standard InChI is InChI=1S/C15H9BrN2O3/c16-10-5-3-9(4-6-10)14(19)11-8-13(15(20)21)18-12(11)2-1-7-17-18/h1-8H,(H,20,21). The molecule has 3 rings (SSSR count). The number of carbonyl (C=O) groups excluding carboxylic acids is 1. The van der Waals surface area contributed by atoms with Crippen molar-refractivity contribution in [3.63, 3.8) is 0 Å². The molecule has 0 fully saturated rings. The van der Waals surface area contributed by atoms with Gasteiger partial charge in [-0.3, -0.25) is 4.79 Å². The molecule has 0 spiro atoms. The van der Waals surface area contributed by atoms with Crippen molar-refractivity contribution in [1.29, 1.82) is 0 Å². The summed E-state index contributed by atoms with van der Waals surface area (Å²) in [7, 11) is 0. The molecule has 3 aromatic rings. The number of nitrogens with zero attached hydrogens (tertiary/aromatic N) is 2. The largest absolute Gasteiger partial charge is 0.477 e. The number of carboxylic acids is 1. The van der Waals surface area contributed by atoms with Crippen LogP contribution in [0.1, 0.15) is 26.4 Å². The smallest absolute Gasteiger partial charge is 0.354 e. The number of hydrogen-bond acceptors (Lipinski definition) is 3. The zero-order valence-electron chi connectivity index (χ0n) is 10.7. The monoisotopic (exact) mass is 344 g/mol. The van der Waals surface area contributed by atoms with Crippen molar-refractivity contribution in [3.8, 4) is 0 Å². The number of carbonyl (C=O) groups is 2. The van der Waals surface area contributed by atoms with Crippen LogP contribution < -0.4 is 0 Å². The minimum atomic E-state index is -1.13. The van der Waals surface area contributed by atoms with E-state index < -0.39 is 5.97 Å². The molecule has 21 heavy (non-hydrogen) atoms. The summed E-state index contributed by atoms with van der Waals surface area (Å²) in [6, 6.07) is 11.6. The van der Waals surface area contributed by atoms with Gasteiger partial charge in [0.2, 0.25) is 0 Å². The number of ketones is 1. The minimum Gasteiger partial charge on any atom is -0.477 e. The Hall–Kier alpha value is -2.47. The highest BCUT2D eigenvalue weighted by Gasteiger charge is 2.20. The molecule has 104 valence electrons. The van der Waals surface area contributed by atoms with Crippen molar-refractivity contribution in [3.05, 3.63) is 70.0 Å². The van der Waals surface area contributed by atoms with Crippen molar-refractivity contribution in [1.82, 2.24) is 9.61 Å². The first kappa shape index (κ1) is 13.5. The summed E-state index contributed by atoms with van der Waals surface area (Å²) in [5.41, 5.74) is 1.25. The van der Waals surface area contributed by atoms with Crippen molar-refractivity contribution < 1.29 is 14.7 Å². The van der Waals surface area contributed by atoms with Gasteiger partial charge in [-0.05, 0) is 42.5 Å². The molecule has 2 aromatic heterocycles. The highest BCUT2D eigenvalue weighted by Crippen LogP contribution is 2.21. The second-order valence-electron chi connectivity index (χ2n) is 4.41. The van der Waals surface area contributed by atoms with Gasteiger partial charge >= 0.3 is 5.97 Å². The lowest BCUT2D eigenvalue weighted by Crippen LogP contribution is -2.03. The topological polar surface area (TPSA) is 71.7 Å². The molecule has 1 aromatic carbocycles. The van der Waals surface area contributed by atoms with E-state index >= 15 is 0 Å². The molecule has 0 aliphatic heterocycles. The molecule has 0 atom stereocenters. The van der Waals surface area contributed by atoms with Crippen LogP contribution in [-0.2, 0) is 0 Å². The zero-order valence-corrected chi connectivity index (χ0v) is 12.2. The van der Waals surface area contributed by atoms with Crippen LogP contribution in [0.15, 0.2) is 53.1 Å². The van der Waals surface area contributed by atoms with Gasteiger partial charge < -0.3 is 5.11 Å². The number of carboxylic acid groups (broad SMARTS) is 1. The molecule has 0 unspecified atom stereocenters. The van der Waals surface area contributed by atoms with E-state index in [0.717, 1.165) is 4.47 Å². The van der Waals surface area contributed by atoms with Gasteiger partial charge in [-0.25, -0.2) is 9.31 Å². The maximum absolute atomic E-state index is 12.6. The van der Waals surface area contributed by atoms with E-state index in [1.54, 1.807) is 36.4 Å². The maximum atomic E-state index is 12.6. The molecular weight excluding hydrogens is 336 g/mol. The summed E-state index contributed by atoms with van der Waals surface area (Å²) in [6.07, 6.45) is 1.48. The van der Waals surface area contributed by atoms with Gasteiger partial charge in [0, 0.05) is 16.2 Å². The Morgan fingerprint density at radius 3 is 2.52 bits per heavy atom. The molecular formula is C15H9BrN2O3. The highest BCUT2D eigenvalue weighted by atomic mass is 79.9. The first-order chi connectivity index (χ1) is 10.1. The summed E-state index contributed by atoms with van der Waals surface area (Å²) in [6.45, 7) is 0. The van der Waals surface area contributed by atoms with Crippen molar-refractivity contribution >= 4 is 33.2 Å². The molecule has 0 bridgehead atoms. The molecule has 1 N–H and O–H groups in total. The Labute approximate surface area is 128 Å². The zero-order chi connectivity index (χ0) is 15.0. The number of halogens is 1. The SMILES string of the molecule is O=C(c1ccc(Br)cc1)c1cc(C(=O)O)n2ncccc12. The Kier molecular flexibility index (Phi) is 3.31. The Bertz CT molecular complexity index is 853. The fourth-order valence-corrected chi connectivity index (χ4v) is 2.40. The highest BCUT2D eigenvalue weighted by molar-refractivity contribution is 9.10. The number of rotatable bonds is 3. The van der Waals surface area contributed by atoms with Crippen LogP contribution in [0, 0.1) is 0 Å². The lowest BCUT2D eigenvalue weighted by atomic mass is 10.0. The van der Waals surface area contributed by atoms with Gasteiger partial charge in [-0.15, -0.1) is 0 Å². The third-order valence-corrected chi connectivity index (χ3v) is 3.63. The molecule has 0 aliphatic carbocycles. The summed E-state index contributed by atoms with van der Waals surface area (Å²) in [5, 5.41) is 13.2. The number of fused-ring (bicyclic) bond motifs is 1. The van der Waals surface area contributed by atoms with E-state index in [-0.39, 0.29) is 11.5 Å². The van der Waals surface area contributed by atoms with E-state index in [9.17, 15) is 14.7 Å². The second-order valence-corrected chi connectivity index (χ2v) is 5.32. The number of aromatic carboxylic acids is 1. The lowest BCUT2D eigenvalue weighted by Gasteiger charge is -2.00. The van der Waals surface area contributed by atoms with Crippen LogP contribution in [0.5, 0.6) is 0 Å². The maximum Gasteiger partial charge on any atom is 0.354 e. The average Bonchev–Trinajstić information content (AvgIpc) is 2.87. The molecule has 0 saturated heterocycles. The molecule has 0 radical (unpaired) electrons. The summed E-state index contributed by atoms with van der Waals surface area (Å²) in [4.78, 5) is 23.8. The van der Waals surface area contributed by atoms with Crippen LogP contribution in [0.2, 0.25) is 0 Å². The van der Waals surface area contributed by atoms with Gasteiger partial charge in [0.1, 0.15) is 0 Å². The van der Waals surface area contributed by atoms with Gasteiger partial charge in [0.05, 0.1) is 11.1 Å². The van der Waals surface area contributed by atoms with Crippen LogP contribution in [-0.4, -0.2) is 26.5 Å². The summed E-state index contributed by atoms with van der Waals surface area (Å²) >= 11 is 3.31. The van der Waals surface area contributed by atoms with Gasteiger partial charge in [0.15, 0.2) is 11.5 Å². The molecule has 0 amide bonds. The third-order valence-electron chi connectivity index (χ3n) is 3.11. The first-order valence-electron chi connectivity index (χ1n) is 6.08. The predicted octanol–water partition coefficient (Wildman–Crippen LogP) is 3.03. The third kappa shape index (κ3) is 2.34. The average molecular weight is 345 g/mol. The molecule has 6 heteroatoms. The van der Waals surface area contributed by atoms with E-state index in [0.29, 0.717) is 16.6 Å². The van der Waals surface area contributed by atoms with Crippen LogP contribution >= 0.6 is 15.9 Å². The summed E-state index contributed by atoms with van der Waals surface area (Å²) < 4.78 is 2.13. The van der Waals surface area contributed by atoms with E-state index in [2.05, 4.69) is 21.0 Å². The number of aromatic nitrogens is 2. The fraction of sp³-hybridized carbons (Fsp3) is 0. The van der Waals surface area contributed by atoms with Crippen LogP contribution in [0.25, 0.3) is 5.52 Å². The van der Waals surface area contributed by atoms with E-state index in [4.69, 9.17) is 0 Å². The van der Waals surface area contributed by atoms with Crippen molar-refractivity contribution in [2.75, 3.05) is 0 Å². The predicted molar refractivity (Wildman–Crippen MR) is 79.7 cm³/mol. The summed E-state index contributed by atoms with van der Waals surface area (Å²) in [5.74, 6) is -1.36. The Morgan fingerprint density at radius 2 is 1.86 bits per heavy atom. The Morgan fingerprint density at radius 1 is 1.14 bits per heavy atom. The second kappa shape index (κ2) is 5.14.